The second kappa shape index (κ2) is 4.66. The average molecular weight is 219 g/mol. The van der Waals surface area contributed by atoms with Crippen molar-refractivity contribution in [3.05, 3.63) is 34.9 Å². The largest absolute Gasteiger partial charge is 0.465 e. The van der Waals surface area contributed by atoms with Gasteiger partial charge < -0.3 is 10.1 Å². The molecule has 3 nitrogen and oxygen atoms in total. The van der Waals surface area contributed by atoms with Gasteiger partial charge in [-0.25, -0.2) is 4.79 Å². The molecule has 86 valence electrons. The number of hydrogen-bond donors (Lipinski definition) is 1. The first-order valence-corrected chi connectivity index (χ1v) is 5.64. The molecule has 1 atom stereocenters. The minimum Gasteiger partial charge on any atom is -0.465 e. The first-order chi connectivity index (χ1) is 7.72. The molecule has 0 radical (unpaired) electrons. The maximum absolute atomic E-state index is 11.7. The molecule has 0 amide bonds. The lowest BCUT2D eigenvalue weighted by Crippen LogP contribution is -2.17. The molecule has 1 aliphatic rings. The second-order valence-electron chi connectivity index (χ2n) is 4.23. The molecule has 16 heavy (non-hydrogen) atoms. The number of carbonyl (C=O) groups is 1. The quantitative estimate of drug-likeness (QED) is 0.775. The summed E-state index contributed by atoms with van der Waals surface area (Å²) in [6, 6.07) is 6.28. The summed E-state index contributed by atoms with van der Waals surface area (Å²) in [7, 11) is 1.43. The lowest BCUT2D eigenvalue weighted by molar-refractivity contribution is 0.0598. The van der Waals surface area contributed by atoms with Crippen LogP contribution in [0.5, 0.6) is 0 Å². The van der Waals surface area contributed by atoms with Gasteiger partial charge in [-0.3, -0.25) is 0 Å². The Labute approximate surface area is 95.8 Å². The molecule has 2 rings (SSSR count). The first kappa shape index (κ1) is 11.1. The molecule has 0 aliphatic carbocycles. The molecule has 1 aromatic rings. The molecule has 1 heterocycles. The predicted octanol–water partition coefficient (Wildman–Crippen LogP) is 2.21. The fourth-order valence-corrected chi connectivity index (χ4v) is 2.21. The lowest BCUT2D eigenvalue weighted by atomic mass is 9.97. The van der Waals surface area contributed by atoms with Crippen molar-refractivity contribution in [1.29, 1.82) is 0 Å². The third kappa shape index (κ3) is 2.09. The van der Waals surface area contributed by atoms with Gasteiger partial charge in [-0.2, -0.15) is 0 Å². The summed E-state index contributed by atoms with van der Waals surface area (Å²) in [5.74, 6) is -0.243. The number of carbonyl (C=O) groups excluding carboxylic acids is 1. The van der Waals surface area contributed by atoms with Crippen molar-refractivity contribution in [2.45, 2.75) is 25.8 Å². The number of nitrogens with one attached hydrogen (secondary N) is 1. The molecule has 1 aliphatic heterocycles. The molecule has 1 aromatic carbocycles. The zero-order chi connectivity index (χ0) is 11.5. The van der Waals surface area contributed by atoms with E-state index in [0.29, 0.717) is 11.6 Å². The SMILES string of the molecule is COC(=O)c1cc(C)ccc1[C@@H]1CCCN1. The van der Waals surface area contributed by atoms with Gasteiger partial charge in [0.2, 0.25) is 0 Å². The van der Waals surface area contributed by atoms with Crippen molar-refractivity contribution in [1.82, 2.24) is 5.32 Å². The Morgan fingerprint density at radius 1 is 1.50 bits per heavy atom. The Hall–Kier alpha value is -1.35. The van der Waals surface area contributed by atoms with Crippen molar-refractivity contribution in [3.8, 4) is 0 Å². The van der Waals surface area contributed by atoms with Gasteiger partial charge in [0, 0.05) is 6.04 Å². The van der Waals surface area contributed by atoms with Crippen LogP contribution in [0.15, 0.2) is 18.2 Å². The Morgan fingerprint density at radius 3 is 2.94 bits per heavy atom. The molecule has 0 aromatic heterocycles. The van der Waals surface area contributed by atoms with Gasteiger partial charge in [0.15, 0.2) is 0 Å². The molecular weight excluding hydrogens is 202 g/mol. The van der Waals surface area contributed by atoms with Gasteiger partial charge >= 0.3 is 5.97 Å². The van der Waals surface area contributed by atoms with E-state index in [9.17, 15) is 4.79 Å². The molecule has 0 spiro atoms. The zero-order valence-corrected chi connectivity index (χ0v) is 9.75. The number of hydrogen-bond acceptors (Lipinski definition) is 3. The van der Waals surface area contributed by atoms with Gasteiger partial charge in [0.1, 0.15) is 0 Å². The summed E-state index contributed by atoms with van der Waals surface area (Å²) in [6.07, 6.45) is 2.26. The van der Waals surface area contributed by atoms with Gasteiger partial charge in [0.25, 0.3) is 0 Å². The van der Waals surface area contributed by atoms with Crippen LogP contribution in [0.25, 0.3) is 0 Å². The average Bonchev–Trinajstić information content (AvgIpc) is 2.81. The van der Waals surface area contributed by atoms with Crippen molar-refractivity contribution in [3.63, 3.8) is 0 Å². The van der Waals surface area contributed by atoms with E-state index >= 15 is 0 Å². The van der Waals surface area contributed by atoms with Crippen LogP contribution in [0.4, 0.5) is 0 Å². The lowest BCUT2D eigenvalue weighted by Gasteiger charge is -2.15. The van der Waals surface area contributed by atoms with Crippen molar-refractivity contribution in [2.24, 2.45) is 0 Å². The van der Waals surface area contributed by atoms with Gasteiger partial charge in [0.05, 0.1) is 12.7 Å². The summed E-state index contributed by atoms with van der Waals surface area (Å²) in [5, 5.41) is 3.40. The molecule has 0 bridgehead atoms. The molecule has 0 unspecified atom stereocenters. The van der Waals surface area contributed by atoms with Gasteiger partial charge in [-0.1, -0.05) is 17.7 Å². The van der Waals surface area contributed by atoms with Crippen LogP contribution in [-0.2, 0) is 4.74 Å². The van der Waals surface area contributed by atoms with E-state index in [0.717, 1.165) is 24.1 Å². The Kier molecular flexibility index (Phi) is 3.25. The van der Waals surface area contributed by atoms with Crippen molar-refractivity contribution >= 4 is 5.97 Å². The smallest absolute Gasteiger partial charge is 0.338 e. The van der Waals surface area contributed by atoms with E-state index in [1.807, 2.05) is 25.1 Å². The monoisotopic (exact) mass is 219 g/mol. The number of ether oxygens (including phenoxy) is 1. The number of methoxy groups -OCH3 is 1. The topological polar surface area (TPSA) is 38.3 Å². The first-order valence-electron chi connectivity index (χ1n) is 5.64. The van der Waals surface area contributed by atoms with Crippen LogP contribution in [0, 0.1) is 6.92 Å². The van der Waals surface area contributed by atoms with Gasteiger partial charge in [-0.15, -0.1) is 0 Å². The summed E-state index contributed by atoms with van der Waals surface area (Å²) in [5.41, 5.74) is 2.85. The highest BCUT2D eigenvalue weighted by atomic mass is 16.5. The van der Waals surface area contributed by atoms with E-state index in [4.69, 9.17) is 4.74 Å². The minimum absolute atomic E-state index is 0.243. The van der Waals surface area contributed by atoms with Crippen LogP contribution in [0.2, 0.25) is 0 Å². The highest BCUT2D eigenvalue weighted by Crippen LogP contribution is 2.27. The summed E-state index contributed by atoms with van der Waals surface area (Å²) < 4.78 is 4.82. The predicted molar refractivity (Wildman–Crippen MR) is 62.5 cm³/mol. The van der Waals surface area contributed by atoms with E-state index < -0.39 is 0 Å². The fraction of sp³-hybridized carbons (Fsp3) is 0.462. The van der Waals surface area contributed by atoms with E-state index in [1.54, 1.807) is 0 Å². The molecule has 0 saturated carbocycles. The summed E-state index contributed by atoms with van der Waals surface area (Å²) in [4.78, 5) is 11.7. The number of benzene rings is 1. The standard InChI is InChI=1S/C13H17NO2/c1-9-5-6-10(12-4-3-7-14-12)11(8-9)13(15)16-2/h5-6,8,12,14H,3-4,7H2,1-2H3/t12-/m0/s1. The third-order valence-electron chi connectivity index (χ3n) is 3.05. The van der Waals surface area contributed by atoms with Crippen LogP contribution >= 0.6 is 0 Å². The summed E-state index contributed by atoms with van der Waals surface area (Å²) in [6.45, 7) is 3.01. The molecule has 1 N–H and O–H groups in total. The van der Waals surface area contributed by atoms with Crippen LogP contribution in [-0.4, -0.2) is 19.6 Å². The summed E-state index contributed by atoms with van der Waals surface area (Å²) >= 11 is 0. The van der Waals surface area contributed by atoms with Gasteiger partial charge in [-0.05, 0) is 37.9 Å². The zero-order valence-electron chi connectivity index (χ0n) is 9.75. The number of esters is 1. The van der Waals surface area contributed by atoms with E-state index in [2.05, 4.69) is 5.32 Å². The fourth-order valence-electron chi connectivity index (χ4n) is 2.21. The maximum atomic E-state index is 11.7. The Bertz CT molecular complexity index is 395. The molecule has 1 saturated heterocycles. The van der Waals surface area contributed by atoms with Crippen LogP contribution < -0.4 is 5.32 Å². The Morgan fingerprint density at radius 2 is 2.31 bits per heavy atom. The number of rotatable bonds is 2. The second-order valence-corrected chi connectivity index (χ2v) is 4.23. The molecular formula is C13H17NO2. The van der Waals surface area contributed by atoms with Crippen molar-refractivity contribution < 1.29 is 9.53 Å². The maximum Gasteiger partial charge on any atom is 0.338 e. The van der Waals surface area contributed by atoms with E-state index in [1.165, 1.54) is 13.5 Å². The van der Waals surface area contributed by atoms with Crippen LogP contribution in [0.1, 0.15) is 40.4 Å². The third-order valence-corrected chi connectivity index (χ3v) is 3.05. The van der Waals surface area contributed by atoms with E-state index in [-0.39, 0.29) is 5.97 Å². The normalized spacial score (nSPS) is 19.8. The van der Waals surface area contributed by atoms with Crippen molar-refractivity contribution in [2.75, 3.05) is 13.7 Å². The molecule has 1 fully saturated rings. The highest BCUT2D eigenvalue weighted by molar-refractivity contribution is 5.91. The minimum atomic E-state index is -0.243. The van der Waals surface area contributed by atoms with Crippen LogP contribution in [0.3, 0.4) is 0 Å². The highest BCUT2D eigenvalue weighted by Gasteiger charge is 2.22. The Balaban J connectivity index is 2.38. The number of aryl methyl sites for hydroxylation is 1. The molecule has 3 heteroatoms.